The van der Waals surface area contributed by atoms with E-state index in [0.29, 0.717) is 30.3 Å². The zero-order chi connectivity index (χ0) is 21.3. The highest BCUT2D eigenvalue weighted by atomic mass is 32.2. The Balaban J connectivity index is 1.68. The predicted octanol–water partition coefficient (Wildman–Crippen LogP) is 6.34. The van der Waals surface area contributed by atoms with Gasteiger partial charge in [-0.25, -0.2) is 0 Å². The molecule has 0 unspecified atom stereocenters. The number of ether oxygens (including phenoxy) is 2. The number of carbonyl (C=O) groups excluding carboxylic acids is 1. The maximum absolute atomic E-state index is 12.8. The second-order valence-electron chi connectivity index (χ2n) is 6.73. The molecule has 3 aromatic rings. The highest BCUT2D eigenvalue weighted by Crippen LogP contribution is 2.29. The lowest BCUT2D eigenvalue weighted by molar-refractivity contribution is 0.102. The van der Waals surface area contributed by atoms with Crippen LogP contribution in [0.4, 0.5) is 5.69 Å². The van der Waals surface area contributed by atoms with Crippen LogP contribution in [-0.4, -0.2) is 19.1 Å². The first kappa shape index (κ1) is 21.8. The van der Waals surface area contributed by atoms with Crippen molar-refractivity contribution in [1.29, 1.82) is 0 Å². The Morgan fingerprint density at radius 2 is 1.63 bits per heavy atom. The molecule has 0 atom stereocenters. The molecule has 0 bridgehead atoms. The van der Waals surface area contributed by atoms with Gasteiger partial charge in [0, 0.05) is 21.9 Å². The first-order valence-electron chi connectivity index (χ1n) is 10.1. The number of hydrogen-bond acceptors (Lipinski definition) is 4. The van der Waals surface area contributed by atoms with E-state index in [-0.39, 0.29) is 5.91 Å². The monoisotopic (exact) mass is 421 g/mol. The number of nitrogens with one attached hydrogen (secondary N) is 1. The number of rotatable bonds is 9. The van der Waals surface area contributed by atoms with Crippen LogP contribution in [0.3, 0.4) is 0 Å². The number of anilines is 1. The van der Waals surface area contributed by atoms with Gasteiger partial charge in [0.15, 0.2) is 11.5 Å². The van der Waals surface area contributed by atoms with Gasteiger partial charge in [0.2, 0.25) is 0 Å². The lowest BCUT2D eigenvalue weighted by atomic mass is 10.1. The molecule has 0 aliphatic rings. The topological polar surface area (TPSA) is 47.6 Å². The summed E-state index contributed by atoms with van der Waals surface area (Å²) in [6.45, 7) is 6.88. The van der Waals surface area contributed by atoms with Gasteiger partial charge in [-0.05, 0) is 68.3 Å². The SMILES string of the molecule is CCOc1ccc(C(=O)Nc2ccc(CSc3ccccc3)cc2C)cc1OCC. The van der Waals surface area contributed by atoms with Gasteiger partial charge >= 0.3 is 0 Å². The summed E-state index contributed by atoms with van der Waals surface area (Å²) in [6.07, 6.45) is 0. The van der Waals surface area contributed by atoms with Crippen molar-refractivity contribution in [3.8, 4) is 11.5 Å². The van der Waals surface area contributed by atoms with Crippen LogP contribution in [0.5, 0.6) is 11.5 Å². The summed E-state index contributed by atoms with van der Waals surface area (Å²) in [7, 11) is 0. The van der Waals surface area contributed by atoms with Crippen LogP contribution in [-0.2, 0) is 5.75 Å². The Morgan fingerprint density at radius 3 is 2.33 bits per heavy atom. The Bertz CT molecular complexity index is 989. The molecule has 0 aliphatic carbocycles. The maximum atomic E-state index is 12.8. The first-order chi connectivity index (χ1) is 14.6. The predicted molar refractivity (Wildman–Crippen MR) is 124 cm³/mol. The van der Waals surface area contributed by atoms with E-state index in [9.17, 15) is 4.79 Å². The summed E-state index contributed by atoms with van der Waals surface area (Å²) in [4.78, 5) is 14.0. The molecule has 4 nitrogen and oxygen atoms in total. The normalized spacial score (nSPS) is 10.5. The van der Waals surface area contributed by atoms with Crippen molar-refractivity contribution in [3.63, 3.8) is 0 Å². The molecule has 0 saturated carbocycles. The van der Waals surface area contributed by atoms with Crippen molar-refractivity contribution in [2.24, 2.45) is 0 Å². The fraction of sp³-hybridized carbons (Fsp3) is 0.240. The summed E-state index contributed by atoms with van der Waals surface area (Å²) in [6, 6.07) is 21.7. The number of amides is 1. The van der Waals surface area contributed by atoms with E-state index >= 15 is 0 Å². The molecule has 30 heavy (non-hydrogen) atoms. The molecule has 0 heterocycles. The van der Waals surface area contributed by atoms with Crippen molar-refractivity contribution >= 4 is 23.4 Å². The fourth-order valence-electron chi connectivity index (χ4n) is 3.03. The van der Waals surface area contributed by atoms with Crippen molar-refractivity contribution in [2.45, 2.75) is 31.4 Å². The highest BCUT2D eigenvalue weighted by Gasteiger charge is 2.13. The molecule has 0 radical (unpaired) electrons. The van der Waals surface area contributed by atoms with Crippen LogP contribution in [0.25, 0.3) is 0 Å². The quantitative estimate of drug-likeness (QED) is 0.410. The first-order valence-corrected chi connectivity index (χ1v) is 11.1. The molecule has 0 aromatic heterocycles. The number of thioether (sulfide) groups is 1. The maximum Gasteiger partial charge on any atom is 0.255 e. The molecule has 1 N–H and O–H groups in total. The average Bonchev–Trinajstić information content (AvgIpc) is 2.76. The van der Waals surface area contributed by atoms with E-state index in [0.717, 1.165) is 17.0 Å². The minimum Gasteiger partial charge on any atom is -0.490 e. The molecule has 156 valence electrons. The van der Waals surface area contributed by atoms with Gasteiger partial charge in [-0.15, -0.1) is 11.8 Å². The lowest BCUT2D eigenvalue weighted by Gasteiger charge is -2.13. The van der Waals surface area contributed by atoms with Gasteiger partial charge in [-0.1, -0.05) is 30.3 Å². The van der Waals surface area contributed by atoms with E-state index in [4.69, 9.17) is 9.47 Å². The third-order valence-electron chi connectivity index (χ3n) is 4.49. The number of aryl methyl sites for hydroxylation is 1. The van der Waals surface area contributed by atoms with Crippen molar-refractivity contribution in [3.05, 3.63) is 83.4 Å². The van der Waals surface area contributed by atoms with Crippen molar-refractivity contribution in [2.75, 3.05) is 18.5 Å². The average molecular weight is 422 g/mol. The van der Waals surface area contributed by atoms with Crippen LogP contribution in [0.15, 0.2) is 71.6 Å². The number of benzene rings is 3. The standard InChI is InChI=1S/C25H27NO3S/c1-4-28-23-14-12-20(16-24(23)29-5-2)25(27)26-22-13-11-19(15-18(22)3)17-30-21-9-7-6-8-10-21/h6-16H,4-5,17H2,1-3H3,(H,26,27). The lowest BCUT2D eigenvalue weighted by Crippen LogP contribution is -2.13. The largest absolute Gasteiger partial charge is 0.490 e. The Morgan fingerprint density at radius 1 is 0.900 bits per heavy atom. The van der Waals surface area contributed by atoms with E-state index in [1.54, 1.807) is 30.0 Å². The van der Waals surface area contributed by atoms with Gasteiger partial charge in [-0.3, -0.25) is 4.79 Å². The van der Waals surface area contributed by atoms with Crippen molar-refractivity contribution < 1.29 is 14.3 Å². The Kier molecular flexibility index (Phi) is 7.80. The summed E-state index contributed by atoms with van der Waals surface area (Å²) < 4.78 is 11.2. The molecular formula is C25H27NO3S. The van der Waals surface area contributed by atoms with E-state index < -0.39 is 0 Å². The summed E-state index contributed by atoms with van der Waals surface area (Å²) in [5, 5.41) is 3.01. The fourth-order valence-corrected chi connectivity index (χ4v) is 3.89. The molecule has 1 amide bonds. The molecule has 0 fully saturated rings. The van der Waals surface area contributed by atoms with Crippen LogP contribution in [0.2, 0.25) is 0 Å². The number of hydrogen-bond donors (Lipinski definition) is 1. The van der Waals surface area contributed by atoms with Gasteiger partial charge in [-0.2, -0.15) is 0 Å². The van der Waals surface area contributed by atoms with Gasteiger partial charge < -0.3 is 14.8 Å². The summed E-state index contributed by atoms with van der Waals surface area (Å²) in [5.74, 6) is 1.94. The van der Waals surface area contributed by atoms with E-state index in [2.05, 4.69) is 29.6 Å². The zero-order valence-corrected chi connectivity index (χ0v) is 18.4. The Labute approximate surface area is 182 Å². The van der Waals surface area contributed by atoms with Gasteiger partial charge in [0.1, 0.15) is 0 Å². The molecule has 0 aliphatic heterocycles. The molecule has 3 rings (SSSR count). The molecule has 5 heteroatoms. The van der Waals surface area contributed by atoms with E-state index in [1.807, 2.05) is 45.0 Å². The van der Waals surface area contributed by atoms with Crippen molar-refractivity contribution in [1.82, 2.24) is 0 Å². The zero-order valence-electron chi connectivity index (χ0n) is 17.6. The molecule has 3 aromatic carbocycles. The Hall–Kier alpha value is -2.92. The molecular weight excluding hydrogens is 394 g/mol. The van der Waals surface area contributed by atoms with Crippen LogP contribution < -0.4 is 14.8 Å². The van der Waals surface area contributed by atoms with Crippen LogP contribution in [0.1, 0.15) is 35.3 Å². The molecule has 0 saturated heterocycles. The van der Waals surface area contributed by atoms with Gasteiger partial charge in [0.25, 0.3) is 5.91 Å². The highest BCUT2D eigenvalue weighted by molar-refractivity contribution is 7.98. The summed E-state index contributed by atoms with van der Waals surface area (Å²) in [5.41, 5.74) is 3.59. The smallest absolute Gasteiger partial charge is 0.255 e. The minimum absolute atomic E-state index is 0.173. The second kappa shape index (κ2) is 10.7. The minimum atomic E-state index is -0.173. The summed E-state index contributed by atoms with van der Waals surface area (Å²) >= 11 is 1.80. The third-order valence-corrected chi connectivity index (χ3v) is 5.58. The van der Waals surface area contributed by atoms with Crippen LogP contribution in [0, 0.1) is 6.92 Å². The second-order valence-corrected chi connectivity index (χ2v) is 7.78. The molecule has 0 spiro atoms. The third kappa shape index (κ3) is 5.80. The van der Waals surface area contributed by atoms with Crippen LogP contribution >= 0.6 is 11.8 Å². The number of carbonyl (C=O) groups is 1. The van der Waals surface area contributed by atoms with Gasteiger partial charge in [0.05, 0.1) is 13.2 Å². The van der Waals surface area contributed by atoms with E-state index in [1.165, 1.54) is 10.5 Å².